The summed E-state index contributed by atoms with van der Waals surface area (Å²) in [5.74, 6) is 0.687. The quantitative estimate of drug-likeness (QED) is 0.480. The number of aliphatic hydroxyl groups is 1. The van der Waals surface area contributed by atoms with Gasteiger partial charge in [0, 0.05) is 37.3 Å². The summed E-state index contributed by atoms with van der Waals surface area (Å²) in [6.07, 6.45) is -0.566. The highest BCUT2D eigenvalue weighted by atomic mass is 16.5. The Bertz CT molecular complexity index is 478. The lowest BCUT2D eigenvalue weighted by Crippen LogP contribution is -2.43. The van der Waals surface area contributed by atoms with Crippen molar-refractivity contribution in [3.05, 3.63) is 29.8 Å². The molecule has 24 heavy (non-hydrogen) atoms. The molecule has 0 aliphatic heterocycles. The second-order valence-corrected chi connectivity index (χ2v) is 6.67. The van der Waals surface area contributed by atoms with Crippen LogP contribution in [0.5, 0.6) is 5.75 Å². The second kappa shape index (κ2) is 10.4. The van der Waals surface area contributed by atoms with Crippen LogP contribution in [-0.4, -0.2) is 60.2 Å². The summed E-state index contributed by atoms with van der Waals surface area (Å²) in [6.45, 7) is 12.8. The van der Waals surface area contributed by atoms with Crippen LogP contribution in [0.1, 0.15) is 45.0 Å². The van der Waals surface area contributed by atoms with Gasteiger partial charge >= 0.3 is 0 Å². The van der Waals surface area contributed by atoms with Crippen LogP contribution in [0.4, 0.5) is 0 Å². The maximum absolute atomic E-state index is 11.2. The molecule has 0 saturated carbocycles. The zero-order chi connectivity index (χ0) is 18.1. The summed E-state index contributed by atoms with van der Waals surface area (Å²) in [5.41, 5.74) is 0.657. The number of ether oxygens (including phenoxy) is 1. The van der Waals surface area contributed by atoms with Gasteiger partial charge in [-0.1, -0.05) is 0 Å². The number of benzene rings is 1. The molecule has 0 fully saturated rings. The predicted molar refractivity (Wildman–Crippen MR) is 97.8 cm³/mol. The molecule has 0 aliphatic rings. The summed E-state index contributed by atoms with van der Waals surface area (Å²) >= 11 is 0. The summed E-state index contributed by atoms with van der Waals surface area (Å²) in [6, 6.07) is 7.99. The van der Waals surface area contributed by atoms with Crippen molar-refractivity contribution in [2.45, 2.75) is 52.8 Å². The highest BCUT2D eigenvalue weighted by Crippen LogP contribution is 2.12. The van der Waals surface area contributed by atoms with Crippen LogP contribution in [0.15, 0.2) is 24.3 Å². The molecule has 0 saturated heterocycles. The first-order chi connectivity index (χ1) is 11.3. The van der Waals surface area contributed by atoms with Crippen LogP contribution in [0.2, 0.25) is 0 Å². The van der Waals surface area contributed by atoms with E-state index in [9.17, 15) is 9.90 Å². The Morgan fingerprint density at radius 3 is 2.25 bits per heavy atom. The molecule has 0 amide bonds. The molecule has 136 valence electrons. The molecule has 0 aromatic heterocycles. The van der Waals surface area contributed by atoms with Gasteiger partial charge in [0.15, 0.2) is 5.78 Å². The Morgan fingerprint density at radius 1 is 1.17 bits per heavy atom. The smallest absolute Gasteiger partial charge is 0.159 e. The number of Topliss-reactive ketones (excluding diaryl/α,β-unsaturated/α-hetero) is 1. The van der Waals surface area contributed by atoms with Gasteiger partial charge in [0.1, 0.15) is 18.5 Å². The van der Waals surface area contributed by atoms with Crippen LogP contribution in [0.3, 0.4) is 0 Å². The summed E-state index contributed by atoms with van der Waals surface area (Å²) in [4.78, 5) is 13.6. The van der Waals surface area contributed by atoms with E-state index in [2.05, 4.69) is 37.9 Å². The van der Waals surface area contributed by atoms with E-state index in [0.717, 1.165) is 13.1 Å². The van der Waals surface area contributed by atoms with Crippen LogP contribution >= 0.6 is 0 Å². The van der Waals surface area contributed by atoms with Crippen LogP contribution < -0.4 is 10.1 Å². The lowest BCUT2D eigenvalue weighted by atomic mass is 10.1. The number of nitrogens with one attached hydrogen (secondary N) is 1. The molecule has 0 spiro atoms. The first kappa shape index (κ1) is 20.6. The van der Waals surface area contributed by atoms with Gasteiger partial charge in [-0.3, -0.25) is 9.69 Å². The number of nitrogens with zero attached hydrogens (tertiary/aromatic N) is 1. The molecule has 0 unspecified atom stereocenters. The normalized spacial score (nSPS) is 12.9. The van der Waals surface area contributed by atoms with Crippen molar-refractivity contribution in [1.29, 1.82) is 0 Å². The van der Waals surface area contributed by atoms with E-state index in [1.54, 1.807) is 24.3 Å². The number of aliphatic hydroxyl groups excluding tert-OH is 1. The summed E-state index contributed by atoms with van der Waals surface area (Å²) in [5, 5.41) is 13.3. The molecule has 0 radical (unpaired) electrons. The zero-order valence-corrected chi connectivity index (χ0v) is 15.6. The maximum atomic E-state index is 11.2. The van der Waals surface area contributed by atoms with E-state index in [0.29, 0.717) is 29.9 Å². The molecule has 1 aromatic carbocycles. The Hall–Kier alpha value is -1.43. The molecule has 1 rings (SSSR count). The van der Waals surface area contributed by atoms with Crippen molar-refractivity contribution in [3.8, 4) is 5.75 Å². The Balaban J connectivity index is 2.24. The molecule has 1 aromatic rings. The number of carbonyl (C=O) groups excluding carboxylic acids is 1. The van der Waals surface area contributed by atoms with Gasteiger partial charge < -0.3 is 15.2 Å². The van der Waals surface area contributed by atoms with Gasteiger partial charge in [-0.2, -0.15) is 0 Å². The third kappa shape index (κ3) is 7.43. The highest BCUT2D eigenvalue weighted by Gasteiger charge is 2.12. The fourth-order valence-corrected chi connectivity index (χ4v) is 2.63. The largest absolute Gasteiger partial charge is 0.491 e. The van der Waals surface area contributed by atoms with Gasteiger partial charge in [0.2, 0.25) is 0 Å². The molecule has 5 heteroatoms. The van der Waals surface area contributed by atoms with E-state index in [1.165, 1.54) is 6.92 Å². The number of carbonyl (C=O) groups is 1. The van der Waals surface area contributed by atoms with Gasteiger partial charge in [0.25, 0.3) is 0 Å². The monoisotopic (exact) mass is 336 g/mol. The molecule has 2 N–H and O–H groups in total. The standard InChI is InChI=1S/C19H32N2O3/c1-14(2)21(15(3)4)11-10-20-12-18(23)13-24-19-8-6-17(7-9-19)16(5)22/h6-9,14-15,18,20,23H,10-13H2,1-5H3/t18-/m0/s1. The number of hydrogen-bond acceptors (Lipinski definition) is 5. The lowest BCUT2D eigenvalue weighted by Gasteiger charge is -2.30. The molecular formula is C19H32N2O3. The minimum atomic E-state index is -0.566. The number of ketones is 1. The first-order valence-corrected chi connectivity index (χ1v) is 8.69. The molecule has 5 nitrogen and oxygen atoms in total. The highest BCUT2D eigenvalue weighted by molar-refractivity contribution is 5.94. The number of rotatable bonds is 11. The zero-order valence-electron chi connectivity index (χ0n) is 15.6. The van der Waals surface area contributed by atoms with E-state index >= 15 is 0 Å². The van der Waals surface area contributed by atoms with Crippen molar-refractivity contribution in [3.63, 3.8) is 0 Å². The van der Waals surface area contributed by atoms with Crippen molar-refractivity contribution in [2.75, 3.05) is 26.2 Å². The average Bonchev–Trinajstić information content (AvgIpc) is 2.52. The fourth-order valence-electron chi connectivity index (χ4n) is 2.63. The summed E-state index contributed by atoms with van der Waals surface area (Å²) in [7, 11) is 0. The SMILES string of the molecule is CC(=O)c1ccc(OC[C@@H](O)CNCCN(C(C)C)C(C)C)cc1. The van der Waals surface area contributed by atoms with Gasteiger partial charge in [-0.15, -0.1) is 0 Å². The van der Waals surface area contributed by atoms with E-state index < -0.39 is 6.10 Å². The van der Waals surface area contributed by atoms with Crippen molar-refractivity contribution in [1.82, 2.24) is 10.2 Å². The predicted octanol–water partition coefficient (Wildman–Crippen LogP) is 2.34. The topological polar surface area (TPSA) is 61.8 Å². The third-order valence-corrected chi connectivity index (χ3v) is 3.96. The first-order valence-electron chi connectivity index (χ1n) is 8.69. The number of hydrogen-bond donors (Lipinski definition) is 2. The lowest BCUT2D eigenvalue weighted by molar-refractivity contribution is 0.101. The molecule has 1 atom stereocenters. The van der Waals surface area contributed by atoms with Gasteiger partial charge in [0.05, 0.1) is 0 Å². The minimum Gasteiger partial charge on any atom is -0.491 e. The minimum absolute atomic E-state index is 0.0302. The van der Waals surface area contributed by atoms with Crippen molar-refractivity contribution in [2.24, 2.45) is 0 Å². The maximum Gasteiger partial charge on any atom is 0.159 e. The fraction of sp³-hybridized carbons (Fsp3) is 0.632. The second-order valence-electron chi connectivity index (χ2n) is 6.67. The van der Waals surface area contributed by atoms with Crippen LogP contribution in [0, 0.1) is 0 Å². The molecule has 0 bridgehead atoms. The Labute approximate surface area is 146 Å². The van der Waals surface area contributed by atoms with Crippen molar-refractivity contribution >= 4 is 5.78 Å². The Kier molecular flexibility index (Phi) is 8.97. The van der Waals surface area contributed by atoms with E-state index in [-0.39, 0.29) is 12.4 Å². The average molecular weight is 336 g/mol. The van der Waals surface area contributed by atoms with Crippen molar-refractivity contribution < 1.29 is 14.6 Å². The molecule has 0 heterocycles. The Morgan fingerprint density at radius 2 is 1.75 bits per heavy atom. The summed E-state index contributed by atoms with van der Waals surface area (Å²) < 4.78 is 5.55. The van der Waals surface area contributed by atoms with Crippen LogP contribution in [0.25, 0.3) is 0 Å². The third-order valence-electron chi connectivity index (χ3n) is 3.96. The van der Waals surface area contributed by atoms with Gasteiger partial charge in [-0.25, -0.2) is 0 Å². The van der Waals surface area contributed by atoms with Crippen LogP contribution in [-0.2, 0) is 0 Å². The van der Waals surface area contributed by atoms with E-state index in [4.69, 9.17) is 4.74 Å². The molecular weight excluding hydrogens is 304 g/mol. The van der Waals surface area contributed by atoms with E-state index in [1.807, 2.05) is 0 Å². The van der Waals surface area contributed by atoms with Gasteiger partial charge in [-0.05, 0) is 58.9 Å². The molecule has 0 aliphatic carbocycles.